The van der Waals surface area contributed by atoms with E-state index in [1.807, 2.05) is 30.3 Å². The van der Waals surface area contributed by atoms with Gasteiger partial charge in [-0.1, -0.05) is 97.5 Å². The van der Waals surface area contributed by atoms with Crippen LogP contribution in [0.2, 0.25) is 6.55 Å². The average Bonchev–Trinajstić information content (AvgIpc) is 2.76. The Morgan fingerprint density at radius 2 is 0.815 bits per heavy atom. The minimum atomic E-state index is -2.05. The Hall–Kier alpha value is -3.10. The quantitative estimate of drug-likeness (QED) is 0.371. The topological polar surface area (TPSA) is 9.23 Å². The van der Waals surface area contributed by atoms with E-state index in [0.717, 1.165) is 11.5 Å². The lowest BCUT2D eigenvalue weighted by Crippen LogP contribution is -2.64. The highest BCUT2D eigenvalue weighted by Gasteiger charge is 2.33. The van der Waals surface area contributed by atoms with Crippen LogP contribution in [0.5, 0.6) is 11.5 Å². The molecule has 0 radical (unpaired) electrons. The number of hydrogen-bond acceptors (Lipinski definition) is 1. The zero-order chi connectivity index (χ0) is 18.5. The second-order valence-corrected chi connectivity index (χ2v) is 10.8. The van der Waals surface area contributed by atoms with Crippen molar-refractivity contribution < 1.29 is 4.74 Å². The lowest BCUT2D eigenvalue weighted by Gasteiger charge is -2.29. The van der Waals surface area contributed by atoms with Gasteiger partial charge in [0.15, 0.2) is 0 Å². The molecule has 0 fully saturated rings. The summed E-state index contributed by atoms with van der Waals surface area (Å²) >= 11 is 0. The minimum absolute atomic E-state index is 0.858. The first-order chi connectivity index (χ1) is 13.3. The van der Waals surface area contributed by atoms with Crippen molar-refractivity contribution in [1.29, 1.82) is 0 Å². The number of benzene rings is 4. The van der Waals surface area contributed by atoms with Crippen LogP contribution in [0.3, 0.4) is 0 Å². The van der Waals surface area contributed by atoms with Crippen molar-refractivity contribution >= 4 is 23.6 Å². The van der Waals surface area contributed by atoms with E-state index >= 15 is 0 Å². The maximum absolute atomic E-state index is 5.97. The Balaban J connectivity index is 1.73. The fraction of sp³-hybridized carbons (Fsp3) is 0.0400. The molecule has 0 aliphatic carbocycles. The third-order valence-electron chi connectivity index (χ3n) is 5.11. The number of hydrogen-bond donors (Lipinski definition) is 0. The summed E-state index contributed by atoms with van der Waals surface area (Å²) in [6.45, 7) is 2.42. The normalized spacial score (nSPS) is 11.1. The molecule has 0 aromatic heterocycles. The van der Waals surface area contributed by atoms with Crippen LogP contribution >= 0.6 is 0 Å². The summed E-state index contributed by atoms with van der Waals surface area (Å²) in [5.41, 5.74) is 0. The van der Waals surface area contributed by atoms with Gasteiger partial charge in [0.1, 0.15) is 19.6 Å². The zero-order valence-corrected chi connectivity index (χ0v) is 16.4. The zero-order valence-electron chi connectivity index (χ0n) is 15.4. The Bertz CT molecular complexity index is 941. The summed E-state index contributed by atoms with van der Waals surface area (Å²) in [5, 5.41) is 4.20. The van der Waals surface area contributed by atoms with Gasteiger partial charge in [-0.15, -0.1) is 0 Å². The molecule has 0 saturated carbocycles. The summed E-state index contributed by atoms with van der Waals surface area (Å²) < 4.78 is 5.97. The van der Waals surface area contributed by atoms with E-state index in [0.29, 0.717) is 0 Å². The van der Waals surface area contributed by atoms with Crippen LogP contribution in [0.1, 0.15) is 0 Å². The van der Waals surface area contributed by atoms with Gasteiger partial charge in [0.2, 0.25) is 0 Å². The summed E-state index contributed by atoms with van der Waals surface area (Å²) in [5.74, 6) is 1.72. The van der Waals surface area contributed by atoms with Gasteiger partial charge in [0.25, 0.3) is 0 Å². The van der Waals surface area contributed by atoms with E-state index in [9.17, 15) is 0 Å². The summed E-state index contributed by atoms with van der Waals surface area (Å²) in [7, 11) is -2.05. The van der Waals surface area contributed by atoms with Crippen LogP contribution in [0, 0.1) is 0 Å². The molecular formula is C25H22OSi. The summed E-state index contributed by atoms with van der Waals surface area (Å²) in [6.07, 6.45) is 0. The third kappa shape index (κ3) is 3.57. The van der Waals surface area contributed by atoms with Crippen molar-refractivity contribution in [2.24, 2.45) is 0 Å². The van der Waals surface area contributed by atoms with E-state index in [4.69, 9.17) is 4.74 Å². The molecule has 132 valence electrons. The SMILES string of the molecule is C[Si](c1ccccc1)(c1ccccc1)c1ccc(Oc2ccccc2)cc1. The molecule has 0 heterocycles. The molecule has 0 unspecified atom stereocenters. The highest BCUT2D eigenvalue weighted by Crippen LogP contribution is 2.20. The van der Waals surface area contributed by atoms with Gasteiger partial charge in [-0.2, -0.15) is 0 Å². The summed E-state index contributed by atoms with van der Waals surface area (Å²) in [6, 6.07) is 40.3. The molecule has 0 saturated heterocycles. The van der Waals surface area contributed by atoms with E-state index in [1.165, 1.54) is 15.6 Å². The first kappa shape index (κ1) is 17.3. The molecule has 4 aromatic rings. The molecule has 0 atom stereocenters. The molecule has 27 heavy (non-hydrogen) atoms. The Morgan fingerprint density at radius 3 is 1.30 bits per heavy atom. The van der Waals surface area contributed by atoms with Crippen LogP contribution in [0.15, 0.2) is 115 Å². The summed E-state index contributed by atoms with van der Waals surface area (Å²) in [4.78, 5) is 0. The van der Waals surface area contributed by atoms with Crippen molar-refractivity contribution in [2.75, 3.05) is 0 Å². The van der Waals surface area contributed by atoms with E-state index in [2.05, 4.69) is 91.5 Å². The third-order valence-corrected chi connectivity index (χ3v) is 9.58. The van der Waals surface area contributed by atoms with E-state index in [-0.39, 0.29) is 0 Å². The lowest BCUT2D eigenvalue weighted by atomic mass is 10.3. The molecule has 0 amide bonds. The molecule has 0 N–H and O–H groups in total. The van der Waals surface area contributed by atoms with Crippen molar-refractivity contribution in [3.05, 3.63) is 115 Å². The fourth-order valence-corrected chi connectivity index (χ4v) is 7.08. The molecule has 4 rings (SSSR count). The standard InChI is InChI=1S/C25H22OSi/c1-27(23-13-7-3-8-14-23,24-15-9-4-10-16-24)25-19-17-22(18-20-25)26-21-11-5-2-6-12-21/h2-20H,1H3. The Labute approximate surface area is 161 Å². The molecule has 4 aromatic carbocycles. The largest absolute Gasteiger partial charge is 0.457 e. The predicted molar refractivity (Wildman–Crippen MR) is 116 cm³/mol. The van der Waals surface area contributed by atoms with E-state index in [1.54, 1.807) is 0 Å². The van der Waals surface area contributed by atoms with Gasteiger partial charge >= 0.3 is 0 Å². The van der Waals surface area contributed by atoms with Crippen molar-refractivity contribution in [3.63, 3.8) is 0 Å². The monoisotopic (exact) mass is 366 g/mol. The van der Waals surface area contributed by atoms with Gasteiger partial charge in [0, 0.05) is 0 Å². The van der Waals surface area contributed by atoms with Crippen LogP contribution < -0.4 is 20.3 Å². The molecular weight excluding hydrogens is 344 g/mol. The van der Waals surface area contributed by atoms with Crippen LogP contribution in [0.4, 0.5) is 0 Å². The molecule has 1 nitrogen and oxygen atoms in total. The molecule has 0 spiro atoms. The lowest BCUT2D eigenvalue weighted by molar-refractivity contribution is 0.483. The number of para-hydroxylation sites is 1. The first-order valence-corrected chi connectivity index (χ1v) is 11.7. The van der Waals surface area contributed by atoms with Crippen molar-refractivity contribution in [3.8, 4) is 11.5 Å². The van der Waals surface area contributed by atoms with Crippen molar-refractivity contribution in [1.82, 2.24) is 0 Å². The van der Waals surface area contributed by atoms with Crippen LogP contribution in [0.25, 0.3) is 0 Å². The number of rotatable bonds is 5. The van der Waals surface area contributed by atoms with Crippen molar-refractivity contribution in [2.45, 2.75) is 6.55 Å². The minimum Gasteiger partial charge on any atom is -0.457 e. The molecule has 2 heteroatoms. The van der Waals surface area contributed by atoms with Gasteiger partial charge in [0.05, 0.1) is 0 Å². The highest BCUT2D eigenvalue weighted by atomic mass is 28.3. The van der Waals surface area contributed by atoms with E-state index < -0.39 is 8.07 Å². The maximum atomic E-state index is 5.97. The Morgan fingerprint density at radius 1 is 0.444 bits per heavy atom. The highest BCUT2D eigenvalue weighted by molar-refractivity contribution is 7.10. The average molecular weight is 367 g/mol. The van der Waals surface area contributed by atoms with Crippen LogP contribution in [-0.2, 0) is 0 Å². The second kappa shape index (κ2) is 7.64. The Kier molecular flexibility index (Phi) is 4.90. The van der Waals surface area contributed by atoms with Crippen LogP contribution in [-0.4, -0.2) is 8.07 Å². The van der Waals surface area contributed by atoms with Gasteiger partial charge in [-0.3, -0.25) is 0 Å². The fourth-order valence-electron chi connectivity index (χ4n) is 3.52. The molecule has 0 aliphatic rings. The molecule has 0 bridgehead atoms. The second-order valence-electron chi connectivity index (χ2n) is 6.80. The van der Waals surface area contributed by atoms with Gasteiger partial charge in [-0.05, 0) is 39.8 Å². The van der Waals surface area contributed by atoms with Gasteiger partial charge in [-0.25, -0.2) is 0 Å². The first-order valence-electron chi connectivity index (χ1n) is 9.21. The number of ether oxygens (including phenoxy) is 1. The maximum Gasteiger partial charge on any atom is 0.145 e. The molecule has 0 aliphatic heterocycles. The van der Waals surface area contributed by atoms with Gasteiger partial charge < -0.3 is 4.74 Å². The predicted octanol–water partition coefficient (Wildman–Crippen LogP) is 4.58. The smallest absolute Gasteiger partial charge is 0.145 e.